The molecule has 0 aliphatic carbocycles. The van der Waals surface area contributed by atoms with E-state index in [9.17, 15) is 4.79 Å². The lowest BCUT2D eigenvalue weighted by Gasteiger charge is -2.33. The molecule has 34 heavy (non-hydrogen) atoms. The molecule has 0 atom stereocenters. The lowest BCUT2D eigenvalue weighted by atomic mass is 10.1. The number of rotatable bonds is 6. The molecule has 0 radical (unpaired) electrons. The molecule has 10 heteroatoms. The first-order valence-electron chi connectivity index (χ1n) is 11.2. The zero-order chi connectivity index (χ0) is 24.7. The summed E-state index contributed by atoms with van der Waals surface area (Å²) in [6.45, 7) is 6.89. The summed E-state index contributed by atoms with van der Waals surface area (Å²) in [5, 5.41) is 12.0. The number of ether oxygens (including phenoxy) is 2. The maximum atomic E-state index is 12.2. The van der Waals surface area contributed by atoms with E-state index in [2.05, 4.69) is 25.5 Å². The maximum absolute atomic E-state index is 12.2. The minimum absolute atomic E-state index is 0.207. The quantitative estimate of drug-likeness (QED) is 0.619. The van der Waals surface area contributed by atoms with E-state index in [1.165, 1.54) is 6.20 Å². The number of allylic oxidation sites excluding steroid dienone is 1. The molecule has 1 aliphatic heterocycles. The normalized spacial score (nSPS) is 15.4. The number of aromatic nitrogens is 3. The fourth-order valence-electron chi connectivity index (χ4n) is 3.59. The largest absolute Gasteiger partial charge is 0.481 e. The molecule has 1 aliphatic rings. The van der Waals surface area contributed by atoms with Crippen LogP contribution in [0.15, 0.2) is 35.5 Å². The Balaban J connectivity index is 1.62. The molecule has 3 N–H and O–H groups in total. The molecule has 0 unspecified atom stereocenters. The molecule has 2 aromatic rings. The molecule has 3 rings (SSSR count). The summed E-state index contributed by atoms with van der Waals surface area (Å²) in [6, 6.07) is 7.65. The van der Waals surface area contributed by atoms with Crippen LogP contribution in [0.25, 0.3) is 17.0 Å². The van der Waals surface area contributed by atoms with Crippen LogP contribution in [-0.2, 0) is 4.74 Å². The lowest BCUT2D eigenvalue weighted by Crippen LogP contribution is -2.44. The van der Waals surface area contributed by atoms with Gasteiger partial charge in [-0.1, -0.05) is 0 Å². The van der Waals surface area contributed by atoms with Crippen molar-refractivity contribution in [3.05, 3.63) is 36.0 Å². The van der Waals surface area contributed by atoms with Crippen molar-refractivity contribution < 1.29 is 14.3 Å². The van der Waals surface area contributed by atoms with Crippen molar-refractivity contribution in [1.82, 2.24) is 20.1 Å². The van der Waals surface area contributed by atoms with Crippen molar-refractivity contribution in [3.63, 3.8) is 0 Å². The fourth-order valence-corrected chi connectivity index (χ4v) is 3.59. The Kier molecular flexibility index (Phi) is 8.04. The number of pyridine rings is 1. The molecule has 0 bridgehead atoms. The second kappa shape index (κ2) is 11.0. The maximum Gasteiger partial charge on any atom is 0.410 e. The molecular formula is C24H33N7O3. The summed E-state index contributed by atoms with van der Waals surface area (Å²) in [4.78, 5) is 22.6. The monoisotopic (exact) mass is 467 g/mol. The van der Waals surface area contributed by atoms with Crippen LogP contribution in [-0.4, -0.2) is 71.3 Å². The Morgan fingerprint density at radius 1 is 1.18 bits per heavy atom. The Morgan fingerprint density at radius 3 is 2.44 bits per heavy atom. The molecule has 3 heterocycles. The minimum Gasteiger partial charge on any atom is -0.481 e. The number of nitrogens with two attached hydrogens (primary N) is 1. The van der Waals surface area contributed by atoms with E-state index in [0.29, 0.717) is 41.7 Å². The van der Waals surface area contributed by atoms with E-state index in [1.807, 2.05) is 45.0 Å². The molecular weight excluding hydrogens is 434 g/mol. The van der Waals surface area contributed by atoms with Gasteiger partial charge < -0.3 is 25.4 Å². The number of anilines is 1. The zero-order valence-corrected chi connectivity index (χ0v) is 20.4. The molecule has 1 amide bonds. The summed E-state index contributed by atoms with van der Waals surface area (Å²) < 4.78 is 10.9. The summed E-state index contributed by atoms with van der Waals surface area (Å²) in [5.41, 5.74) is 7.93. The highest BCUT2D eigenvalue weighted by atomic mass is 16.6. The average Bonchev–Trinajstić information content (AvgIpc) is 2.82. The zero-order valence-electron chi connectivity index (χ0n) is 20.4. The molecule has 1 saturated heterocycles. The summed E-state index contributed by atoms with van der Waals surface area (Å²) in [6.07, 6.45) is 4.46. The van der Waals surface area contributed by atoms with E-state index >= 15 is 0 Å². The van der Waals surface area contributed by atoms with Crippen LogP contribution in [0.4, 0.5) is 10.6 Å². The first-order valence-corrected chi connectivity index (χ1v) is 11.2. The second-order valence-corrected chi connectivity index (χ2v) is 8.95. The number of carbonyl (C=O) groups is 1. The summed E-state index contributed by atoms with van der Waals surface area (Å²) in [7, 11) is 3.23. The van der Waals surface area contributed by atoms with Crippen molar-refractivity contribution in [2.24, 2.45) is 10.7 Å². The van der Waals surface area contributed by atoms with Gasteiger partial charge in [-0.25, -0.2) is 9.78 Å². The fraction of sp³-hybridized carbons (Fsp3) is 0.458. The number of hydrogen-bond acceptors (Lipinski definition) is 9. The number of piperidine rings is 1. The molecule has 2 aromatic heterocycles. The van der Waals surface area contributed by atoms with Crippen molar-refractivity contribution in [1.29, 1.82) is 0 Å². The Hall–Kier alpha value is -3.69. The van der Waals surface area contributed by atoms with Crippen molar-refractivity contribution >= 4 is 23.7 Å². The predicted molar refractivity (Wildman–Crippen MR) is 133 cm³/mol. The van der Waals surface area contributed by atoms with Crippen LogP contribution in [0.2, 0.25) is 0 Å². The molecule has 0 saturated carbocycles. The first kappa shape index (κ1) is 24.9. The van der Waals surface area contributed by atoms with Gasteiger partial charge in [0.25, 0.3) is 0 Å². The van der Waals surface area contributed by atoms with E-state index in [-0.39, 0.29) is 12.1 Å². The van der Waals surface area contributed by atoms with Gasteiger partial charge in [0.15, 0.2) is 0 Å². The van der Waals surface area contributed by atoms with Gasteiger partial charge in [-0.3, -0.25) is 4.99 Å². The number of carbonyl (C=O) groups excluding carboxylic acids is 1. The number of aliphatic imine (C=N–C) groups is 1. The van der Waals surface area contributed by atoms with Crippen LogP contribution < -0.4 is 15.8 Å². The van der Waals surface area contributed by atoms with Crippen molar-refractivity contribution in [2.45, 2.75) is 45.3 Å². The van der Waals surface area contributed by atoms with Gasteiger partial charge in [0.2, 0.25) is 5.88 Å². The van der Waals surface area contributed by atoms with E-state index in [1.54, 1.807) is 25.3 Å². The smallest absolute Gasteiger partial charge is 0.410 e. The topological polar surface area (TPSA) is 128 Å². The van der Waals surface area contributed by atoms with E-state index in [0.717, 1.165) is 18.4 Å². The molecule has 10 nitrogen and oxygen atoms in total. The Labute approximate surface area is 200 Å². The highest BCUT2D eigenvalue weighted by Crippen LogP contribution is 2.27. The Bertz CT molecular complexity index is 1040. The van der Waals surface area contributed by atoms with Crippen LogP contribution in [0, 0.1) is 0 Å². The third-order valence-electron chi connectivity index (χ3n) is 5.24. The lowest BCUT2D eigenvalue weighted by molar-refractivity contribution is 0.0210. The third-order valence-corrected chi connectivity index (χ3v) is 5.24. The first-order chi connectivity index (χ1) is 16.2. The molecule has 182 valence electrons. The van der Waals surface area contributed by atoms with Crippen molar-refractivity contribution in [3.8, 4) is 17.3 Å². The molecule has 1 fully saturated rings. The van der Waals surface area contributed by atoms with Gasteiger partial charge in [-0.05, 0) is 57.9 Å². The van der Waals surface area contributed by atoms with Crippen LogP contribution in [0.3, 0.4) is 0 Å². The number of amides is 1. The van der Waals surface area contributed by atoms with Gasteiger partial charge in [-0.15, -0.1) is 10.2 Å². The standard InChI is InChI=1S/C24H33N7O3/c1-24(2,3)34-23(32)31-12-10-17(11-13-31)27-21-9-8-20(29-30-21)19-7-6-18(22(28-19)33-5)16(14-25)15-26-4/h6-9,14-15,17H,10-13,25H2,1-5H3,(H,27,30). The third kappa shape index (κ3) is 6.43. The SMILES string of the molecule is CN=CC(=CN)c1ccc(-c2ccc(NC3CCN(C(=O)OC(C)(C)C)CC3)nn2)nc1OC. The minimum atomic E-state index is -0.490. The highest BCUT2D eigenvalue weighted by molar-refractivity contribution is 6.10. The number of hydrogen-bond donors (Lipinski definition) is 2. The molecule has 0 aromatic carbocycles. The number of nitrogens with one attached hydrogen (secondary N) is 1. The van der Waals surface area contributed by atoms with Crippen LogP contribution in [0.1, 0.15) is 39.2 Å². The highest BCUT2D eigenvalue weighted by Gasteiger charge is 2.27. The number of methoxy groups -OCH3 is 1. The van der Waals surface area contributed by atoms with Gasteiger partial charge in [0, 0.05) is 49.7 Å². The van der Waals surface area contributed by atoms with E-state index in [4.69, 9.17) is 15.2 Å². The van der Waals surface area contributed by atoms with Crippen LogP contribution in [0.5, 0.6) is 5.88 Å². The predicted octanol–water partition coefficient (Wildman–Crippen LogP) is 3.36. The summed E-state index contributed by atoms with van der Waals surface area (Å²) in [5.74, 6) is 1.10. The Morgan fingerprint density at radius 2 is 1.88 bits per heavy atom. The summed E-state index contributed by atoms with van der Waals surface area (Å²) >= 11 is 0. The van der Waals surface area contributed by atoms with Crippen molar-refractivity contribution in [2.75, 3.05) is 32.6 Å². The van der Waals surface area contributed by atoms with Crippen LogP contribution >= 0.6 is 0 Å². The number of nitrogens with zero attached hydrogens (tertiary/aromatic N) is 5. The molecule has 0 spiro atoms. The second-order valence-electron chi connectivity index (χ2n) is 8.95. The van der Waals surface area contributed by atoms with Gasteiger partial charge in [-0.2, -0.15) is 0 Å². The van der Waals surface area contributed by atoms with Gasteiger partial charge in [0.1, 0.15) is 17.1 Å². The van der Waals surface area contributed by atoms with E-state index < -0.39 is 5.60 Å². The van der Waals surface area contributed by atoms with Gasteiger partial charge >= 0.3 is 6.09 Å². The van der Waals surface area contributed by atoms with Gasteiger partial charge in [0.05, 0.1) is 12.8 Å². The number of likely N-dealkylation sites (tertiary alicyclic amines) is 1. The average molecular weight is 468 g/mol.